The van der Waals surface area contributed by atoms with Crippen molar-refractivity contribution in [2.45, 2.75) is 13.3 Å². The summed E-state index contributed by atoms with van der Waals surface area (Å²) < 4.78 is 0. The Morgan fingerprint density at radius 3 is 2.61 bits per heavy atom. The van der Waals surface area contributed by atoms with Crippen molar-refractivity contribution in [1.82, 2.24) is 15.3 Å². The van der Waals surface area contributed by atoms with Gasteiger partial charge in [0.25, 0.3) is 5.91 Å². The number of aromatic nitrogens is 2. The third-order valence-corrected chi connectivity index (χ3v) is 2.56. The molecule has 4 heteroatoms. The summed E-state index contributed by atoms with van der Waals surface area (Å²) in [5, 5.41) is 2.83. The van der Waals surface area contributed by atoms with Gasteiger partial charge >= 0.3 is 0 Å². The van der Waals surface area contributed by atoms with Crippen molar-refractivity contribution in [3.05, 3.63) is 59.7 Å². The topological polar surface area (TPSA) is 54.9 Å². The van der Waals surface area contributed by atoms with Crippen LogP contribution in [0, 0.1) is 6.92 Å². The molecule has 0 spiro atoms. The molecule has 1 N–H and O–H groups in total. The summed E-state index contributed by atoms with van der Waals surface area (Å²) in [5.41, 5.74) is 2.36. The highest BCUT2D eigenvalue weighted by molar-refractivity contribution is 5.91. The molecule has 1 aromatic carbocycles. The van der Waals surface area contributed by atoms with Gasteiger partial charge in [-0.2, -0.15) is 0 Å². The number of amides is 1. The van der Waals surface area contributed by atoms with Crippen LogP contribution in [0.25, 0.3) is 0 Å². The van der Waals surface area contributed by atoms with Gasteiger partial charge in [0.15, 0.2) is 0 Å². The predicted molar refractivity (Wildman–Crippen MR) is 69.2 cm³/mol. The van der Waals surface area contributed by atoms with E-state index in [1.54, 1.807) is 6.20 Å². The fraction of sp³-hybridized carbons (Fsp3) is 0.214. The molecule has 4 nitrogen and oxygen atoms in total. The highest BCUT2D eigenvalue weighted by Gasteiger charge is 2.06. The van der Waals surface area contributed by atoms with E-state index in [0.29, 0.717) is 12.2 Å². The Kier molecular flexibility index (Phi) is 4.02. The molecular weight excluding hydrogens is 226 g/mol. The van der Waals surface area contributed by atoms with Crippen LogP contribution in [0.2, 0.25) is 0 Å². The molecule has 0 saturated carbocycles. The second-order valence-corrected chi connectivity index (χ2v) is 4.03. The Balaban J connectivity index is 1.84. The molecule has 0 aliphatic rings. The molecule has 0 aliphatic heterocycles. The van der Waals surface area contributed by atoms with E-state index in [0.717, 1.165) is 12.1 Å². The third kappa shape index (κ3) is 3.38. The second-order valence-electron chi connectivity index (χ2n) is 4.03. The van der Waals surface area contributed by atoms with Gasteiger partial charge < -0.3 is 5.32 Å². The van der Waals surface area contributed by atoms with E-state index in [-0.39, 0.29) is 5.91 Å². The van der Waals surface area contributed by atoms with Gasteiger partial charge in [-0.25, -0.2) is 4.98 Å². The van der Waals surface area contributed by atoms with Gasteiger partial charge in [0.1, 0.15) is 5.69 Å². The summed E-state index contributed by atoms with van der Waals surface area (Å²) in [4.78, 5) is 19.8. The van der Waals surface area contributed by atoms with E-state index < -0.39 is 0 Å². The van der Waals surface area contributed by atoms with Crippen LogP contribution >= 0.6 is 0 Å². The number of aryl methyl sites for hydroxylation is 1. The smallest absolute Gasteiger partial charge is 0.271 e. The lowest BCUT2D eigenvalue weighted by atomic mass is 10.1. The number of nitrogens with zero attached hydrogens (tertiary/aromatic N) is 2. The maximum atomic E-state index is 11.7. The van der Waals surface area contributed by atoms with Gasteiger partial charge in [0, 0.05) is 12.7 Å². The summed E-state index contributed by atoms with van der Waals surface area (Å²) >= 11 is 0. The molecule has 0 unspecified atom stereocenters. The highest BCUT2D eigenvalue weighted by Crippen LogP contribution is 1.99. The molecule has 18 heavy (non-hydrogen) atoms. The Morgan fingerprint density at radius 1 is 1.17 bits per heavy atom. The summed E-state index contributed by atoms with van der Waals surface area (Å²) in [7, 11) is 0. The molecule has 0 saturated heterocycles. The molecule has 0 aliphatic carbocycles. The van der Waals surface area contributed by atoms with Crippen LogP contribution in [-0.2, 0) is 6.42 Å². The van der Waals surface area contributed by atoms with E-state index in [4.69, 9.17) is 0 Å². The predicted octanol–water partition coefficient (Wildman–Crippen LogP) is 1.76. The molecule has 1 aromatic heterocycles. The van der Waals surface area contributed by atoms with Crippen LogP contribution in [0.3, 0.4) is 0 Å². The minimum atomic E-state index is -0.182. The van der Waals surface area contributed by atoms with Crippen LogP contribution < -0.4 is 5.32 Å². The first-order chi connectivity index (χ1) is 8.75. The van der Waals surface area contributed by atoms with Crippen LogP contribution in [0.1, 0.15) is 21.7 Å². The van der Waals surface area contributed by atoms with Gasteiger partial charge in [0.05, 0.1) is 11.9 Å². The van der Waals surface area contributed by atoms with E-state index in [1.165, 1.54) is 11.8 Å². The lowest BCUT2D eigenvalue weighted by Crippen LogP contribution is -2.26. The molecule has 92 valence electrons. The normalized spacial score (nSPS) is 10.1. The van der Waals surface area contributed by atoms with E-state index in [1.807, 2.05) is 37.3 Å². The van der Waals surface area contributed by atoms with Crippen molar-refractivity contribution in [2.24, 2.45) is 0 Å². The average molecular weight is 241 g/mol. The minimum absolute atomic E-state index is 0.182. The molecule has 2 aromatic rings. The molecule has 0 atom stereocenters. The number of carbonyl (C=O) groups excluding carboxylic acids is 1. The first kappa shape index (κ1) is 12.2. The van der Waals surface area contributed by atoms with Crippen molar-refractivity contribution in [2.75, 3.05) is 6.54 Å². The number of rotatable bonds is 4. The quantitative estimate of drug-likeness (QED) is 0.887. The lowest BCUT2D eigenvalue weighted by Gasteiger charge is -2.04. The van der Waals surface area contributed by atoms with Gasteiger partial charge in [-0.15, -0.1) is 0 Å². The van der Waals surface area contributed by atoms with Crippen LogP contribution in [-0.4, -0.2) is 22.4 Å². The van der Waals surface area contributed by atoms with Gasteiger partial charge in [0.2, 0.25) is 0 Å². The van der Waals surface area contributed by atoms with Crippen LogP contribution in [0.5, 0.6) is 0 Å². The largest absolute Gasteiger partial charge is 0.350 e. The van der Waals surface area contributed by atoms with Crippen molar-refractivity contribution >= 4 is 5.91 Å². The average Bonchev–Trinajstić information content (AvgIpc) is 2.40. The molecule has 0 bridgehead atoms. The maximum absolute atomic E-state index is 11.7. The summed E-state index contributed by atoms with van der Waals surface area (Å²) in [6.45, 7) is 2.43. The first-order valence-corrected chi connectivity index (χ1v) is 5.86. The van der Waals surface area contributed by atoms with Gasteiger partial charge in [-0.1, -0.05) is 30.3 Å². The Bertz CT molecular complexity index is 508. The lowest BCUT2D eigenvalue weighted by molar-refractivity contribution is 0.0948. The van der Waals surface area contributed by atoms with Crippen molar-refractivity contribution in [3.8, 4) is 0 Å². The zero-order chi connectivity index (χ0) is 12.8. The SMILES string of the molecule is Cc1cnc(C(=O)NCCc2ccccc2)cn1. The monoisotopic (exact) mass is 241 g/mol. The Morgan fingerprint density at radius 2 is 1.94 bits per heavy atom. The van der Waals surface area contributed by atoms with Crippen molar-refractivity contribution in [3.63, 3.8) is 0 Å². The number of hydrogen-bond donors (Lipinski definition) is 1. The zero-order valence-electron chi connectivity index (χ0n) is 10.3. The molecule has 1 heterocycles. The standard InChI is InChI=1S/C14H15N3O/c1-11-9-17-13(10-16-11)14(18)15-8-7-12-5-3-2-4-6-12/h2-6,9-10H,7-8H2,1H3,(H,15,18). The number of benzene rings is 1. The number of nitrogens with one attached hydrogen (secondary N) is 1. The molecule has 0 fully saturated rings. The third-order valence-electron chi connectivity index (χ3n) is 2.56. The Labute approximate surface area is 106 Å². The van der Waals surface area contributed by atoms with E-state index >= 15 is 0 Å². The summed E-state index contributed by atoms with van der Waals surface area (Å²) in [5.74, 6) is -0.182. The minimum Gasteiger partial charge on any atom is -0.350 e. The van der Waals surface area contributed by atoms with Gasteiger partial charge in [-0.05, 0) is 18.9 Å². The fourth-order valence-electron chi connectivity index (χ4n) is 1.57. The van der Waals surface area contributed by atoms with E-state index in [2.05, 4.69) is 15.3 Å². The van der Waals surface area contributed by atoms with Crippen molar-refractivity contribution in [1.29, 1.82) is 0 Å². The molecule has 2 rings (SSSR count). The summed E-state index contributed by atoms with van der Waals surface area (Å²) in [6.07, 6.45) is 3.89. The second kappa shape index (κ2) is 5.91. The highest BCUT2D eigenvalue weighted by atomic mass is 16.1. The maximum Gasteiger partial charge on any atom is 0.271 e. The Hall–Kier alpha value is -2.23. The number of hydrogen-bond acceptors (Lipinski definition) is 3. The first-order valence-electron chi connectivity index (χ1n) is 5.86. The van der Waals surface area contributed by atoms with Crippen LogP contribution in [0.4, 0.5) is 0 Å². The van der Waals surface area contributed by atoms with Gasteiger partial charge in [-0.3, -0.25) is 9.78 Å². The molecule has 0 radical (unpaired) electrons. The number of carbonyl (C=O) groups is 1. The molecular formula is C14H15N3O. The van der Waals surface area contributed by atoms with Crippen LogP contribution in [0.15, 0.2) is 42.7 Å². The fourth-order valence-corrected chi connectivity index (χ4v) is 1.57. The summed E-state index contributed by atoms with van der Waals surface area (Å²) in [6, 6.07) is 10.0. The molecule has 1 amide bonds. The van der Waals surface area contributed by atoms with E-state index in [9.17, 15) is 4.79 Å². The van der Waals surface area contributed by atoms with Crippen molar-refractivity contribution < 1.29 is 4.79 Å². The zero-order valence-corrected chi connectivity index (χ0v) is 10.3.